The Morgan fingerprint density at radius 1 is 1.23 bits per heavy atom. The van der Waals surface area contributed by atoms with E-state index in [0.717, 1.165) is 0 Å². The van der Waals surface area contributed by atoms with Crippen LogP contribution >= 0.6 is 15.9 Å². The van der Waals surface area contributed by atoms with Crippen LogP contribution in [0.2, 0.25) is 0 Å². The Morgan fingerprint density at radius 3 is 2.62 bits per heavy atom. The molecule has 0 aliphatic rings. The maximum Gasteiger partial charge on any atom is 0.347 e. The van der Waals surface area contributed by atoms with Crippen LogP contribution in [-0.2, 0) is 19.0 Å². The lowest BCUT2D eigenvalue weighted by Crippen LogP contribution is -2.26. The molecule has 1 atom stereocenters. The van der Waals surface area contributed by atoms with Crippen LogP contribution in [0, 0.1) is 6.92 Å². The Labute approximate surface area is 159 Å². The van der Waals surface area contributed by atoms with Crippen molar-refractivity contribution in [1.29, 1.82) is 0 Å². The Balaban J connectivity index is 2.33. The first-order valence-electron chi connectivity index (χ1n) is 8.11. The maximum atomic E-state index is 12.4. The topological polar surface area (TPSA) is 84.2 Å². The molecule has 2 aromatic rings. The van der Waals surface area contributed by atoms with Gasteiger partial charge in [-0.05, 0) is 48.8 Å². The number of carbonyl (C=O) groups is 2. The standard InChI is InChI=1S/C18H21BrO7/c1-5-23-17(20)11(3)26-15-8-12-14(9-13(15)19)25-10(2)16(12)18(21)24-7-6-22-4/h8-9,11H,5-7H2,1-4H3/t11-/m1/s1. The summed E-state index contributed by atoms with van der Waals surface area (Å²) in [6.07, 6.45) is -0.797. The van der Waals surface area contributed by atoms with Crippen LogP contribution < -0.4 is 4.74 Å². The first-order chi connectivity index (χ1) is 12.4. The number of ether oxygens (including phenoxy) is 4. The maximum absolute atomic E-state index is 12.4. The van der Waals surface area contributed by atoms with E-state index in [1.807, 2.05) is 0 Å². The molecular weight excluding hydrogens is 408 g/mol. The highest BCUT2D eigenvalue weighted by Crippen LogP contribution is 2.35. The van der Waals surface area contributed by atoms with E-state index in [1.54, 1.807) is 32.9 Å². The van der Waals surface area contributed by atoms with Crippen molar-refractivity contribution in [3.05, 3.63) is 27.9 Å². The van der Waals surface area contributed by atoms with Crippen molar-refractivity contribution >= 4 is 38.8 Å². The van der Waals surface area contributed by atoms with Gasteiger partial charge in [0.2, 0.25) is 0 Å². The van der Waals surface area contributed by atoms with Gasteiger partial charge >= 0.3 is 11.9 Å². The predicted molar refractivity (Wildman–Crippen MR) is 97.5 cm³/mol. The molecule has 1 aromatic heterocycles. The normalized spacial score (nSPS) is 12.0. The van der Waals surface area contributed by atoms with E-state index in [1.165, 1.54) is 7.11 Å². The summed E-state index contributed by atoms with van der Waals surface area (Å²) in [6.45, 7) is 5.71. The first kappa shape index (κ1) is 20.3. The fraction of sp³-hybridized carbons (Fsp3) is 0.444. The van der Waals surface area contributed by atoms with Gasteiger partial charge in [-0.3, -0.25) is 0 Å². The van der Waals surface area contributed by atoms with Gasteiger partial charge in [0.25, 0.3) is 0 Å². The lowest BCUT2D eigenvalue weighted by atomic mass is 10.1. The number of hydrogen-bond acceptors (Lipinski definition) is 7. The third-order valence-electron chi connectivity index (χ3n) is 3.57. The molecule has 0 unspecified atom stereocenters. The molecule has 0 radical (unpaired) electrons. The number of esters is 2. The fourth-order valence-corrected chi connectivity index (χ4v) is 2.77. The molecule has 2 rings (SSSR count). The van der Waals surface area contributed by atoms with E-state index in [2.05, 4.69) is 15.9 Å². The summed E-state index contributed by atoms with van der Waals surface area (Å²) in [5.74, 6) is -0.151. The Morgan fingerprint density at radius 2 is 1.96 bits per heavy atom. The summed E-state index contributed by atoms with van der Waals surface area (Å²) in [7, 11) is 1.53. The largest absolute Gasteiger partial charge is 0.478 e. The molecule has 26 heavy (non-hydrogen) atoms. The van der Waals surface area contributed by atoms with Crippen LogP contribution in [0.1, 0.15) is 30.0 Å². The molecule has 0 N–H and O–H groups in total. The van der Waals surface area contributed by atoms with Crippen LogP contribution in [0.3, 0.4) is 0 Å². The van der Waals surface area contributed by atoms with Crippen LogP contribution in [-0.4, -0.2) is 45.0 Å². The van der Waals surface area contributed by atoms with E-state index in [0.29, 0.717) is 39.1 Å². The van der Waals surface area contributed by atoms with Crippen molar-refractivity contribution < 1.29 is 33.0 Å². The average Bonchev–Trinajstić information content (AvgIpc) is 2.90. The van der Waals surface area contributed by atoms with Gasteiger partial charge in [-0.25, -0.2) is 9.59 Å². The molecule has 1 aromatic carbocycles. The molecule has 0 spiro atoms. The number of aryl methyl sites for hydroxylation is 1. The molecule has 7 nitrogen and oxygen atoms in total. The van der Waals surface area contributed by atoms with Crippen LogP contribution in [0.5, 0.6) is 5.75 Å². The van der Waals surface area contributed by atoms with E-state index >= 15 is 0 Å². The van der Waals surface area contributed by atoms with Gasteiger partial charge in [-0.2, -0.15) is 0 Å². The quantitative estimate of drug-likeness (QED) is 0.468. The molecule has 0 amide bonds. The minimum Gasteiger partial charge on any atom is -0.478 e. The molecule has 0 bridgehead atoms. The summed E-state index contributed by atoms with van der Waals surface area (Å²) in [5, 5.41) is 0.541. The lowest BCUT2D eigenvalue weighted by Gasteiger charge is -2.14. The Bertz CT molecular complexity index is 796. The predicted octanol–water partition coefficient (Wildman–Crippen LogP) is 3.64. The number of fused-ring (bicyclic) bond motifs is 1. The van der Waals surface area contributed by atoms with Gasteiger partial charge in [-0.15, -0.1) is 0 Å². The number of hydrogen-bond donors (Lipinski definition) is 0. The van der Waals surface area contributed by atoms with Gasteiger partial charge < -0.3 is 23.4 Å². The van der Waals surface area contributed by atoms with Crippen molar-refractivity contribution in [3.63, 3.8) is 0 Å². The second-order valence-electron chi connectivity index (χ2n) is 5.45. The molecule has 0 aliphatic heterocycles. The molecule has 142 valence electrons. The second kappa shape index (κ2) is 9.05. The van der Waals surface area contributed by atoms with Gasteiger partial charge in [0.1, 0.15) is 29.3 Å². The molecule has 1 heterocycles. The molecule has 0 saturated heterocycles. The summed E-state index contributed by atoms with van der Waals surface area (Å²) in [4.78, 5) is 24.1. The van der Waals surface area contributed by atoms with Crippen molar-refractivity contribution in [2.45, 2.75) is 26.9 Å². The van der Waals surface area contributed by atoms with Gasteiger partial charge in [0.15, 0.2) is 6.10 Å². The Kier molecular flexibility index (Phi) is 7.05. The van der Waals surface area contributed by atoms with E-state index in [9.17, 15) is 9.59 Å². The SMILES string of the molecule is CCOC(=O)[C@@H](C)Oc1cc2c(C(=O)OCCOC)c(C)oc2cc1Br. The van der Waals surface area contributed by atoms with Crippen molar-refractivity contribution in [1.82, 2.24) is 0 Å². The Hall–Kier alpha value is -2.06. The highest BCUT2D eigenvalue weighted by atomic mass is 79.9. The van der Waals surface area contributed by atoms with Crippen LogP contribution in [0.4, 0.5) is 0 Å². The molecule has 0 fully saturated rings. The van der Waals surface area contributed by atoms with Crippen molar-refractivity contribution in [3.8, 4) is 5.75 Å². The lowest BCUT2D eigenvalue weighted by molar-refractivity contribution is -0.150. The average molecular weight is 429 g/mol. The van der Waals surface area contributed by atoms with E-state index < -0.39 is 18.0 Å². The number of methoxy groups -OCH3 is 1. The number of halogens is 1. The highest BCUT2D eigenvalue weighted by Gasteiger charge is 2.23. The van der Waals surface area contributed by atoms with Crippen molar-refractivity contribution in [2.75, 3.05) is 26.9 Å². The van der Waals surface area contributed by atoms with Crippen LogP contribution in [0.25, 0.3) is 11.0 Å². The second-order valence-corrected chi connectivity index (χ2v) is 6.31. The highest BCUT2D eigenvalue weighted by molar-refractivity contribution is 9.10. The summed E-state index contributed by atoms with van der Waals surface area (Å²) in [5.41, 5.74) is 0.821. The van der Waals surface area contributed by atoms with E-state index in [4.69, 9.17) is 23.4 Å². The summed E-state index contributed by atoms with van der Waals surface area (Å²) >= 11 is 3.39. The summed E-state index contributed by atoms with van der Waals surface area (Å²) in [6, 6.07) is 3.32. The van der Waals surface area contributed by atoms with Gasteiger partial charge in [-0.1, -0.05) is 0 Å². The fourth-order valence-electron chi connectivity index (χ4n) is 2.35. The molecular formula is C18H21BrO7. The number of rotatable bonds is 8. The molecule has 8 heteroatoms. The minimum absolute atomic E-state index is 0.140. The smallest absolute Gasteiger partial charge is 0.347 e. The monoisotopic (exact) mass is 428 g/mol. The van der Waals surface area contributed by atoms with Gasteiger partial charge in [0, 0.05) is 12.5 Å². The first-order valence-corrected chi connectivity index (χ1v) is 8.90. The van der Waals surface area contributed by atoms with E-state index in [-0.39, 0.29) is 13.2 Å². The molecule has 0 saturated carbocycles. The zero-order valence-corrected chi connectivity index (χ0v) is 16.7. The van der Waals surface area contributed by atoms with Crippen molar-refractivity contribution in [2.24, 2.45) is 0 Å². The zero-order valence-electron chi connectivity index (χ0n) is 15.1. The summed E-state index contributed by atoms with van der Waals surface area (Å²) < 4.78 is 26.9. The number of carbonyl (C=O) groups excluding carboxylic acids is 2. The van der Waals surface area contributed by atoms with Gasteiger partial charge in [0.05, 0.1) is 17.7 Å². The minimum atomic E-state index is -0.797. The number of benzene rings is 1. The zero-order chi connectivity index (χ0) is 19.3. The molecule has 0 aliphatic carbocycles. The van der Waals surface area contributed by atoms with Crippen LogP contribution in [0.15, 0.2) is 21.0 Å². The third kappa shape index (κ3) is 4.56. The number of furan rings is 1. The third-order valence-corrected chi connectivity index (χ3v) is 4.19.